The molecule has 2 aromatic rings. The third-order valence-electron chi connectivity index (χ3n) is 5.91. The van der Waals surface area contributed by atoms with Gasteiger partial charge in [0, 0.05) is 61.0 Å². The van der Waals surface area contributed by atoms with E-state index >= 15 is 4.39 Å². The molecule has 0 saturated carbocycles. The third kappa shape index (κ3) is 7.13. The molecule has 1 aliphatic rings. The van der Waals surface area contributed by atoms with Gasteiger partial charge in [0.25, 0.3) is 5.91 Å². The number of hydrogen-bond donors (Lipinski definition) is 1. The number of nitrogens with zero attached hydrogens (tertiary/aromatic N) is 2. The number of alkyl halides is 4. The van der Waals surface area contributed by atoms with Crippen molar-refractivity contribution in [2.45, 2.75) is 42.5 Å². The molecule has 0 unspecified atom stereocenters. The predicted octanol–water partition coefficient (Wildman–Crippen LogP) is 4.12. The maximum Gasteiger partial charge on any atom is 0.433 e. The monoisotopic (exact) mass is 615 g/mol. The lowest BCUT2D eigenvalue weighted by atomic mass is 9.93. The smallest absolute Gasteiger partial charge is 0.347 e. The summed E-state index contributed by atoms with van der Waals surface area (Å²) in [5.41, 5.74) is -4.81. The van der Waals surface area contributed by atoms with Gasteiger partial charge in [0.15, 0.2) is 15.5 Å². The van der Waals surface area contributed by atoms with Crippen LogP contribution in [0.5, 0.6) is 0 Å². The molecule has 214 valence electrons. The Morgan fingerprint density at radius 1 is 1.18 bits per heavy atom. The molecule has 16 heteroatoms. The highest BCUT2D eigenvalue weighted by atomic mass is 35.5. The molecular formula is C23H23ClF5N3O5S2. The van der Waals surface area contributed by atoms with E-state index in [4.69, 9.17) is 11.6 Å². The first-order valence-corrected chi connectivity index (χ1v) is 15.0. The number of hydrogen-bond acceptors (Lipinski definition) is 6. The lowest BCUT2D eigenvalue weighted by Crippen LogP contribution is -2.53. The number of pyridine rings is 1. The molecular weight excluding hydrogens is 593 g/mol. The highest BCUT2D eigenvalue weighted by Crippen LogP contribution is 2.39. The molecule has 2 heterocycles. The number of piperidine rings is 1. The molecule has 1 atom stereocenters. The van der Waals surface area contributed by atoms with Gasteiger partial charge >= 0.3 is 6.18 Å². The van der Waals surface area contributed by atoms with E-state index in [-0.39, 0.29) is 5.56 Å². The number of amides is 1. The van der Waals surface area contributed by atoms with Gasteiger partial charge in [-0.05, 0) is 19.1 Å². The minimum absolute atomic E-state index is 0.324. The van der Waals surface area contributed by atoms with Gasteiger partial charge in [0.1, 0.15) is 16.4 Å². The lowest BCUT2D eigenvalue weighted by molar-refractivity contribution is -0.141. The molecule has 1 saturated heterocycles. The van der Waals surface area contributed by atoms with Gasteiger partial charge in [0.05, 0.1) is 5.02 Å². The third-order valence-corrected chi connectivity index (χ3v) is 8.87. The van der Waals surface area contributed by atoms with Crippen LogP contribution in [-0.2, 0) is 30.8 Å². The van der Waals surface area contributed by atoms with E-state index in [0.29, 0.717) is 12.3 Å². The summed E-state index contributed by atoms with van der Waals surface area (Å²) in [6.45, 7) is 0.382. The molecule has 39 heavy (non-hydrogen) atoms. The van der Waals surface area contributed by atoms with Crippen LogP contribution in [0.15, 0.2) is 46.8 Å². The van der Waals surface area contributed by atoms with Crippen molar-refractivity contribution >= 4 is 37.4 Å². The normalized spacial score (nSPS) is 17.7. The second-order valence-electron chi connectivity index (χ2n) is 8.95. The van der Waals surface area contributed by atoms with Crippen LogP contribution in [0.4, 0.5) is 22.0 Å². The summed E-state index contributed by atoms with van der Waals surface area (Å²) in [7, 11) is -8.09. The summed E-state index contributed by atoms with van der Waals surface area (Å²) in [6.07, 6.45) is -3.57. The second-order valence-corrected chi connectivity index (χ2v) is 13.2. The molecule has 1 aliphatic heterocycles. The van der Waals surface area contributed by atoms with Crippen LogP contribution in [0.25, 0.3) is 11.1 Å². The number of aromatic nitrogens is 1. The summed E-state index contributed by atoms with van der Waals surface area (Å²) in [5, 5.41) is 2.55. The number of sulfone groups is 1. The van der Waals surface area contributed by atoms with Crippen LogP contribution < -0.4 is 5.32 Å². The Bertz CT molecular complexity index is 1510. The summed E-state index contributed by atoms with van der Waals surface area (Å²) in [6, 6.07) is 2.82. The van der Waals surface area contributed by atoms with Gasteiger partial charge in [0.2, 0.25) is 10.0 Å². The average Bonchev–Trinajstić information content (AvgIpc) is 2.83. The molecule has 0 aliphatic carbocycles. The fourth-order valence-electron chi connectivity index (χ4n) is 3.82. The summed E-state index contributed by atoms with van der Waals surface area (Å²) in [4.78, 5) is 15.0. The number of rotatable bonds is 7. The van der Waals surface area contributed by atoms with Gasteiger partial charge in [-0.1, -0.05) is 29.8 Å². The topological polar surface area (TPSA) is 114 Å². The zero-order chi connectivity index (χ0) is 29.4. The zero-order valence-corrected chi connectivity index (χ0v) is 22.9. The molecule has 1 N–H and O–H groups in total. The Labute approximate surface area is 226 Å². The van der Waals surface area contributed by atoms with Crippen molar-refractivity contribution in [1.82, 2.24) is 14.6 Å². The largest absolute Gasteiger partial charge is 0.433 e. The van der Waals surface area contributed by atoms with Gasteiger partial charge in [-0.15, -0.1) is 0 Å². The van der Waals surface area contributed by atoms with Crippen molar-refractivity contribution in [3.8, 4) is 11.1 Å². The van der Waals surface area contributed by atoms with Crippen LogP contribution >= 0.6 is 11.6 Å². The van der Waals surface area contributed by atoms with Crippen LogP contribution in [0.2, 0.25) is 5.02 Å². The molecule has 1 aromatic heterocycles. The number of carbonyl (C=O) groups excluding carboxylic acids is 1. The SMILES string of the molecule is C[C@H](/C=C\S(C)(=O)=O)NC(=O)C1(F)CCN(S(=O)(=O)c2cnc(C(F)(F)F)cc2-c2cccc(F)c2Cl)CC1. The summed E-state index contributed by atoms with van der Waals surface area (Å²) >= 11 is 5.95. The Hall–Kier alpha value is -2.62. The predicted molar refractivity (Wildman–Crippen MR) is 133 cm³/mol. The number of nitrogens with one attached hydrogen (secondary N) is 1. The molecule has 1 amide bonds. The Morgan fingerprint density at radius 3 is 2.36 bits per heavy atom. The first-order valence-electron chi connectivity index (χ1n) is 11.2. The number of carbonyl (C=O) groups is 1. The van der Waals surface area contributed by atoms with Crippen LogP contribution in [0, 0.1) is 5.82 Å². The number of sulfonamides is 1. The summed E-state index contributed by atoms with van der Waals surface area (Å²) < 4.78 is 120. The van der Waals surface area contributed by atoms with E-state index < -0.39 is 96.6 Å². The van der Waals surface area contributed by atoms with E-state index in [1.807, 2.05) is 0 Å². The molecule has 1 aromatic carbocycles. The van der Waals surface area contributed by atoms with E-state index in [9.17, 15) is 39.2 Å². The van der Waals surface area contributed by atoms with Gasteiger partial charge in [-0.2, -0.15) is 17.5 Å². The van der Waals surface area contributed by atoms with E-state index in [1.54, 1.807) is 0 Å². The highest BCUT2D eigenvalue weighted by molar-refractivity contribution is 7.93. The standard InChI is InChI=1S/C23H23ClF5N3O5S2/c1-14(6-11-38(2,34)35)31-21(33)22(26)7-9-32(10-8-22)39(36,37)18-13-30-19(23(27,28)29)12-16(18)15-4-3-5-17(25)20(15)24/h3-6,11-14H,7-10H2,1-2H3,(H,31,33)/b11-6-/t14-/m1/s1. The van der Waals surface area contributed by atoms with Crippen LogP contribution in [0.1, 0.15) is 25.5 Å². The van der Waals surface area contributed by atoms with Crippen molar-refractivity contribution < 1.29 is 43.6 Å². The van der Waals surface area contributed by atoms with Crippen LogP contribution in [0.3, 0.4) is 0 Å². The van der Waals surface area contributed by atoms with E-state index in [1.165, 1.54) is 6.92 Å². The first-order chi connectivity index (χ1) is 17.8. The van der Waals surface area contributed by atoms with Gasteiger partial charge < -0.3 is 5.32 Å². The van der Waals surface area contributed by atoms with Crippen molar-refractivity contribution in [2.75, 3.05) is 19.3 Å². The summed E-state index contributed by atoms with van der Waals surface area (Å²) in [5.74, 6) is -2.07. The first kappa shape index (κ1) is 30.9. The number of benzene rings is 1. The quantitative estimate of drug-likeness (QED) is 0.469. The minimum atomic E-state index is -4.95. The van der Waals surface area contributed by atoms with Crippen molar-refractivity contribution in [1.29, 1.82) is 0 Å². The Morgan fingerprint density at radius 2 is 1.79 bits per heavy atom. The molecule has 0 spiro atoms. The maximum absolute atomic E-state index is 15.4. The molecule has 0 bridgehead atoms. The number of halogens is 6. The molecule has 3 rings (SSSR count). The highest BCUT2D eigenvalue weighted by Gasteiger charge is 2.45. The van der Waals surface area contributed by atoms with Crippen molar-refractivity contribution in [3.05, 3.63) is 58.5 Å². The van der Waals surface area contributed by atoms with Gasteiger partial charge in [-0.25, -0.2) is 25.6 Å². The van der Waals surface area contributed by atoms with Gasteiger partial charge in [-0.3, -0.25) is 9.78 Å². The molecule has 0 radical (unpaired) electrons. The van der Waals surface area contributed by atoms with E-state index in [2.05, 4.69) is 10.3 Å². The fraction of sp³-hybridized carbons (Fsp3) is 0.391. The second kappa shape index (κ2) is 11.1. The minimum Gasteiger partial charge on any atom is -0.347 e. The zero-order valence-electron chi connectivity index (χ0n) is 20.5. The van der Waals surface area contributed by atoms with Crippen LogP contribution in [-0.4, -0.2) is 63.1 Å². The molecule has 8 nitrogen and oxygen atoms in total. The Balaban J connectivity index is 1.90. The average molecular weight is 616 g/mol. The molecule has 1 fully saturated rings. The Kier molecular flexibility index (Phi) is 8.80. The van der Waals surface area contributed by atoms with E-state index in [0.717, 1.165) is 40.2 Å². The fourth-order valence-corrected chi connectivity index (χ4v) is 6.14. The lowest BCUT2D eigenvalue weighted by Gasteiger charge is -2.35. The maximum atomic E-state index is 15.4. The van der Waals surface area contributed by atoms with Crippen molar-refractivity contribution in [3.63, 3.8) is 0 Å². The van der Waals surface area contributed by atoms with Crippen molar-refractivity contribution in [2.24, 2.45) is 0 Å².